The monoisotopic (exact) mass is 403 g/mol. The second kappa shape index (κ2) is 8.54. The number of hydrogen-bond acceptors (Lipinski definition) is 3. The van der Waals surface area contributed by atoms with E-state index >= 15 is 0 Å². The van der Waals surface area contributed by atoms with E-state index in [1.807, 2.05) is 30.3 Å². The molecule has 1 unspecified atom stereocenters. The van der Waals surface area contributed by atoms with E-state index in [0.29, 0.717) is 5.75 Å². The first-order valence-corrected chi connectivity index (χ1v) is 7.85. The molecule has 8 heteroatoms. The minimum atomic E-state index is -1.23. The van der Waals surface area contributed by atoms with Crippen LogP contribution in [0.1, 0.15) is 5.56 Å². The van der Waals surface area contributed by atoms with Crippen molar-refractivity contribution < 1.29 is 10.4 Å². The second-order valence-electron chi connectivity index (χ2n) is 3.30. The Morgan fingerprint density at radius 1 is 1.26 bits per heavy atom. The Labute approximate surface area is 138 Å². The zero-order chi connectivity index (χ0) is 14.4. The van der Waals surface area contributed by atoms with Crippen molar-refractivity contribution >= 4 is 62.5 Å². The second-order valence-corrected chi connectivity index (χ2v) is 6.90. The minimum absolute atomic E-state index is 0.00466. The van der Waals surface area contributed by atoms with Gasteiger partial charge in [-0.2, -0.15) is 5.23 Å². The standard InChI is InChI=1S/C11H9BrCl3NO2S/c12-10(14)8(13)9(16(17)18)11(15)19-6-7-4-2-1-3-5-7/h1-5,16-17H,6H2/b10-8+,11-9-. The smallest absolute Gasteiger partial charge is 0.210 e. The normalized spacial score (nSPS) is 15.7. The number of thioether (sulfide) groups is 1. The molecule has 104 valence electrons. The lowest BCUT2D eigenvalue weighted by Gasteiger charge is -2.16. The van der Waals surface area contributed by atoms with Gasteiger partial charge in [0.25, 0.3) is 0 Å². The van der Waals surface area contributed by atoms with Crippen LogP contribution in [0.4, 0.5) is 0 Å². The zero-order valence-electron chi connectivity index (χ0n) is 9.37. The van der Waals surface area contributed by atoms with Gasteiger partial charge in [-0.1, -0.05) is 65.1 Å². The van der Waals surface area contributed by atoms with E-state index < -0.39 is 5.23 Å². The minimum Gasteiger partial charge on any atom is -0.595 e. The van der Waals surface area contributed by atoms with Crippen LogP contribution in [0.2, 0.25) is 0 Å². The maximum atomic E-state index is 11.1. The molecule has 0 aliphatic heterocycles. The number of halogens is 4. The molecule has 0 aliphatic rings. The molecular weight excluding hydrogens is 396 g/mol. The average molecular weight is 406 g/mol. The molecule has 3 nitrogen and oxygen atoms in total. The molecule has 0 bridgehead atoms. The van der Waals surface area contributed by atoms with Gasteiger partial charge >= 0.3 is 0 Å². The summed E-state index contributed by atoms with van der Waals surface area (Å²) >= 11 is 21.5. The fourth-order valence-corrected chi connectivity index (χ4v) is 2.88. The summed E-state index contributed by atoms with van der Waals surface area (Å²) in [6.45, 7) is 0. The van der Waals surface area contributed by atoms with Crippen LogP contribution in [-0.2, 0) is 5.75 Å². The highest BCUT2D eigenvalue weighted by Gasteiger charge is 2.19. The number of nitrogens with one attached hydrogen (secondary N) is 1. The Hall–Kier alpha value is 0.280. The lowest BCUT2D eigenvalue weighted by atomic mass is 10.2. The number of quaternary nitrogens is 1. The first kappa shape index (κ1) is 17.3. The van der Waals surface area contributed by atoms with E-state index in [1.165, 1.54) is 11.8 Å². The number of hydroxylamine groups is 2. The van der Waals surface area contributed by atoms with Gasteiger partial charge in [-0.3, -0.25) is 0 Å². The molecule has 1 aromatic carbocycles. The van der Waals surface area contributed by atoms with Gasteiger partial charge in [0, 0.05) is 5.75 Å². The molecule has 1 aromatic rings. The Kier molecular flexibility index (Phi) is 7.79. The third-order valence-electron chi connectivity index (χ3n) is 2.00. The third kappa shape index (κ3) is 5.65. The van der Waals surface area contributed by atoms with E-state index in [9.17, 15) is 5.21 Å². The quantitative estimate of drug-likeness (QED) is 0.572. The highest BCUT2D eigenvalue weighted by Crippen LogP contribution is 2.32. The number of benzene rings is 1. The van der Waals surface area contributed by atoms with Gasteiger partial charge in [-0.15, -0.1) is 11.8 Å². The van der Waals surface area contributed by atoms with Crippen molar-refractivity contribution in [3.05, 3.63) is 60.1 Å². The summed E-state index contributed by atoms with van der Waals surface area (Å²) in [6.07, 6.45) is 0. The number of hydrogen-bond donors (Lipinski definition) is 2. The van der Waals surface area contributed by atoms with E-state index in [-0.39, 0.29) is 19.0 Å². The number of rotatable bonds is 5. The zero-order valence-corrected chi connectivity index (χ0v) is 14.0. The van der Waals surface area contributed by atoms with Crippen LogP contribution in [0.25, 0.3) is 0 Å². The molecule has 0 aromatic heterocycles. The van der Waals surface area contributed by atoms with E-state index in [4.69, 9.17) is 40.0 Å². The molecule has 1 rings (SSSR count). The van der Waals surface area contributed by atoms with Crippen LogP contribution < -0.4 is 5.23 Å². The Morgan fingerprint density at radius 3 is 2.32 bits per heavy atom. The molecule has 2 N–H and O–H groups in total. The molecule has 0 heterocycles. The number of allylic oxidation sites excluding steroid dienone is 1. The molecule has 0 saturated carbocycles. The molecule has 0 amide bonds. The van der Waals surface area contributed by atoms with Gasteiger partial charge in [0.05, 0.1) is 0 Å². The molecule has 0 aliphatic carbocycles. The van der Waals surface area contributed by atoms with Crippen molar-refractivity contribution in [3.8, 4) is 0 Å². The Balaban J connectivity index is 2.89. The van der Waals surface area contributed by atoms with Crippen LogP contribution in [0.15, 0.2) is 49.4 Å². The molecule has 19 heavy (non-hydrogen) atoms. The topological polar surface area (TPSA) is 47.7 Å². The molecule has 0 radical (unpaired) electrons. The fourth-order valence-electron chi connectivity index (χ4n) is 1.15. The van der Waals surface area contributed by atoms with E-state index in [0.717, 1.165) is 5.56 Å². The molecule has 0 saturated heterocycles. The van der Waals surface area contributed by atoms with Gasteiger partial charge in [-0.25, -0.2) is 5.21 Å². The Bertz CT molecular complexity index is 490. The Morgan fingerprint density at radius 2 is 1.84 bits per heavy atom. The molecule has 1 atom stereocenters. The van der Waals surface area contributed by atoms with Crippen LogP contribution in [0.3, 0.4) is 0 Å². The largest absolute Gasteiger partial charge is 0.595 e. The van der Waals surface area contributed by atoms with Gasteiger partial charge < -0.3 is 5.21 Å². The van der Waals surface area contributed by atoms with Crippen molar-refractivity contribution in [2.24, 2.45) is 0 Å². The SMILES string of the molecule is [O-][NH+](O)C(/C(Cl)=C(\Cl)Br)=C(/Cl)SCc1ccccc1. The molecule has 0 spiro atoms. The summed E-state index contributed by atoms with van der Waals surface area (Å²) in [5.41, 5.74) is 0.812. The maximum absolute atomic E-state index is 11.1. The van der Waals surface area contributed by atoms with Crippen LogP contribution >= 0.6 is 62.5 Å². The average Bonchev–Trinajstić information content (AvgIpc) is 2.37. The summed E-state index contributed by atoms with van der Waals surface area (Å²) in [5.74, 6) is 0.542. The predicted molar refractivity (Wildman–Crippen MR) is 84.4 cm³/mol. The summed E-state index contributed by atoms with van der Waals surface area (Å²) in [6, 6.07) is 9.54. The maximum Gasteiger partial charge on any atom is 0.210 e. The first-order valence-electron chi connectivity index (χ1n) is 4.94. The van der Waals surface area contributed by atoms with Gasteiger partial charge in [0.1, 0.15) is 13.3 Å². The summed E-state index contributed by atoms with van der Waals surface area (Å²) in [4.78, 5) is 0. The molecule has 0 fully saturated rings. The van der Waals surface area contributed by atoms with Crippen molar-refractivity contribution in [3.63, 3.8) is 0 Å². The van der Waals surface area contributed by atoms with Crippen LogP contribution in [0, 0.1) is 5.21 Å². The van der Waals surface area contributed by atoms with Crippen molar-refractivity contribution in [2.75, 3.05) is 0 Å². The fraction of sp³-hybridized carbons (Fsp3) is 0.0909. The van der Waals surface area contributed by atoms with Gasteiger partial charge in [0.2, 0.25) is 5.70 Å². The molecular formula is C11H9BrCl3NO2S. The third-order valence-corrected chi connectivity index (χ3v) is 4.74. The van der Waals surface area contributed by atoms with E-state index in [1.54, 1.807) is 0 Å². The summed E-state index contributed by atoms with van der Waals surface area (Å²) in [5, 5.41) is 18.9. The van der Waals surface area contributed by atoms with Crippen molar-refractivity contribution in [1.29, 1.82) is 0 Å². The lowest BCUT2D eigenvalue weighted by molar-refractivity contribution is -1.01. The highest BCUT2D eigenvalue weighted by atomic mass is 79.9. The van der Waals surface area contributed by atoms with Gasteiger partial charge in [0.15, 0.2) is 0 Å². The summed E-state index contributed by atoms with van der Waals surface area (Å²) in [7, 11) is 0. The van der Waals surface area contributed by atoms with Crippen LogP contribution in [-0.4, -0.2) is 5.21 Å². The lowest BCUT2D eigenvalue weighted by Crippen LogP contribution is -3.02. The van der Waals surface area contributed by atoms with Crippen molar-refractivity contribution in [2.45, 2.75) is 5.75 Å². The van der Waals surface area contributed by atoms with Crippen molar-refractivity contribution in [1.82, 2.24) is 0 Å². The first-order chi connectivity index (χ1) is 8.93. The summed E-state index contributed by atoms with van der Waals surface area (Å²) < 4.78 is 0.0870. The predicted octanol–water partition coefficient (Wildman–Crippen LogP) is 4.14. The van der Waals surface area contributed by atoms with Gasteiger partial charge in [-0.05, 0) is 21.5 Å². The van der Waals surface area contributed by atoms with Crippen LogP contribution in [0.5, 0.6) is 0 Å². The highest BCUT2D eigenvalue weighted by molar-refractivity contribution is 9.12. The van der Waals surface area contributed by atoms with E-state index in [2.05, 4.69) is 15.9 Å².